The first kappa shape index (κ1) is 11.9. The summed E-state index contributed by atoms with van der Waals surface area (Å²) < 4.78 is 0. The zero-order valence-corrected chi connectivity index (χ0v) is 10.3. The van der Waals surface area contributed by atoms with Crippen molar-refractivity contribution in [1.82, 2.24) is 5.32 Å². The van der Waals surface area contributed by atoms with Crippen molar-refractivity contribution in [3.05, 3.63) is 0 Å². The summed E-state index contributed by atoms with van der Waals surface area (Å²) in [7, 11) is 0. The van der Waals surface area contributed by atoms with Crippen LogP contribution in [0.15, 0.2) is 0 Å². The smallest absolute Gasteiger partial charge is 0.0214 e. The highest BCUT2D eigenvalue weighted by molar-refractivity contribution is 7.99. The molecular formula is C12H21NS. The normalized spacial score (nSPS) is 25.2. The Hall–Kier alpha value is -0.130. The number of hydrogen-bond acceptors (Lipinski definition) is 2. The van der Waals surface area contributed by atoms with Gasteiger partial charge in [0.25, 0.3) is 0 Å². The first-order valence-electron chi connectivity index (χ1n) is 5.37. The summed E-state index contributed by atoms with van der Waals surface area (Å²) in [6.07, 6.45) is 2.31. The fraction of sp³-hybridized carbons (Fsp3) is 0.833. The second kappa shape index (κ2) is 5.68. The molecule has 2 heteroatoms. The second-order valence-corrected chi connectivity index (χ2v) is 5.65. The molecule has 1 unspecified atom stereocenters. The lowest BCUT2D eigenvalue weighted by molar-refractivity contribution is 0.248. The van der Waals surface area contributed by atoms with Crippen LogP contribution >= 0.6 is 11.8 Å². The van der Waals surface area contributed by atoms with Crippen LogP contribution in [-0.2, 0) is 0 Å². The first-order valence-corrected chi connectivity index (χ1v) is 6.53. The van der Waals surface area contributed by atoms with Crippen LogP contribution in [0.1, 0.15) is 33.6 Å². The minimum atomic E-state index is 0.463. The predicted molar refractivity (Wildman–Crippen MR) is 65.6 cm³/mol. The van der Waals surface area contributed by atoms with Crippen LogP contribution in [0.3, 0.4) is 0 Å². The van der Waals surface area contributed by atoms with E-state index in [9.17, 15) is 0 Å². The maximum absolute atomic E-state index is 3.62. The quantitative estimate of drug-likeness (QED) is 0.569. The zero-order chi connectivity index (χ0) is 10.4. The Balaban J connectivity index is 2.29. The van der Waals surface area contributed by atoms with E-state index in [0.29, 0.717) is 11.5 Å². The molecule has 1 aliphatic rings. The Morgan fingerprint density at radius 1 is 1.50 bits per heavy atom. The van der Waals surface area contributed by atoms with Crippen LogP contribution in [0, 0.1) is 17.3 Å². The third kappa shape index (κ3) is 3.55. The Bertz CT molecular complexity index is 224. The van der Waals surface area contributed by atoms with E-state index >= 15 is 0 Å². The molecule has 0 aromatic carbocycles. The van der Waals surface area contributed by atoms with Crippen molar-refractivity contribution >= 4 is 11.8 Å². The standard InChI is InChI=1S/C12H21NS/c1-4-5-6-8-13-11-10-14-9-7-12(11,2)3/h11,13H,6-10H2,1-3H3. The van der Waals surface area contributed by atoms with Crippen LogP contribution in [0.25, 0.3) is 0 Å². The van der Waals surface area contributed by atoms with Gasteiger partial charge in [0, 0.05) is 24.8 Å². The number of thioether (sulfide) groups is 1. The Labute approximate surface area is 92.4 Å². The molecule has 0 aromatic heterocycles. The van der Waals surface area contributed by atoms with Gasteiger partial charge in [-0.25, -0.2) is 0 Å². The van der Waals surface area contributed by atoms with Gasteiger partial charge in [-0.2, -0.15) is 11.8 Å². The summed E-state index contributed by atoms with van der Waals surface area (Å²) >= 11 is 2.07. The molecular weight excluding hydrogens is 190 g/mol. The van der Waals surface area contributed by atoms with Gasteiger partial charge < -0.3 is 5.32 Å². The van der Waals surface area contributed by atoms with E-state index in [1.807, 2.05) is 6.92 Å². The van der Waals surface area contributed by atoms with Crippen molar-refractivity contribution in [2.45, 2.75) is 39.7 Å². The molecule has 0 spiro atoms. The highest BCUT2D eigenvalue weighted by Crippen LogP contribution is 2.33. The molecule has 1 N–H and O–H groups in total. The van der Waals surface area contributed by atoms with E-state index in [0.717, 1.165) is 13.0 Å². The van der Waals surface area contributed by atoms with Crippen LogP contribution in [0.2, 0.25) is 0 Å². The minimum Gasteiger partial charge on any atom is -0.312 e. The maximum Gasteiger partial charge on any atom is 0.0214 e. The number of rotatable bonds is 3. The SMILES string of the molecule is CC#CCCNC1CSCCC1(C)C. The van der Waals surface area contributed by atoms with Crippen molar-refractivity contribution in [1.29, 1.82) is 0 Å². The summed E-state index contributed by atoms with van der Waals surface area (Å²) in [6, 6.07) is 0.667. The highest BCUT2D eigenvalue weighted by atomic mass is 32.2. The molecule has 80 valence electrons. The molecule has 0 aliphatic carbocycles. The molecule has 1 saturated heterocycles. The van der Waals surface area contributed by atoms with Crippen molar-refractivity contribution in [3.8, 4) is 11.8 Å². The van der Waals surface area contributed by atoms with Gasteiger partial charge in [0.1, 0.15) is 0 Å². The van der Waals surface area contributed by atoms with Gasteiger partial charge in [-0.1, -0.05) is 13.8 Å². The molecule has 1 fully saturated rings. The molecule has 0 bridgehead atoms. The Morgan fingerprint density at radius 3 is 2.93 bits per heavy atom. The van der Waals surface area contributed by atoms with Crippen molar-refractivity contribution in [2.75, 3.05) is 18.1 Å². The largest absolute Gasteiger partial charge is 0.312 e. The van der Waals surface area contributed by atoms with Crippen molar-refractivity contribution in [3.63, 3.8) is 0 Å². The van der Waals surface area contributed by atoms with E-state index in [-0.39, 0.29) is 0 Å². The molecule has 1 atom stereocenters. The molecule has 0 radical (unpaired) electrons. The number of nitrogens with one attached hydrogen (secondary N) is 1. The number of hydrogen-bond donors (Lipinski definition) is 1. The lowest BCUT2D eigenvalue weighted by atomic mass is 9.82. The molecule has 1 rings (SSSR count). The molecule has 1 nitrogen and oxygen atoms in total. The fourth-order valence-electron chi connectivity index (χ4n) is 1.71. The summed E-state index contributed by atoms with van der Waals surface area (Å²) in [5, 5.41) is 3.62. The monoisotopic (exact) mass is 211 g/mol. The zero-order valence-electron chi connectivity index (χ0n) is 9.52. The molecule has 0 saturated carbocycles. The summed E-state index contributed by atoms with van der Waals surface area (Å²) in [4.78, 5) is 0. The maximum atomic E-state index is 3.62. The van der Waals surface area contributed by atoms with Gasteiger partial charge in [0.15, 0.2) is 0 Å². The van der Waals surface area contributed by atoms with Gasteiger partial charge in [-0.15, -0.1) is 11.8 Å². The lowest BCUT2D eigenvalue weighted by Gasteiger charge is -2.38. The Kier molecular flexibility index (Phi) is 4.84. The van der Waals surface area contributed by atoms with E-state index in [2.05, 4.69) is 42.8 Å². The molecule has 1 aliphatic heterocycles. The van der Waals surface area contributed by atoms with Gasteiger partial charge in [-0.3, -0.25) is 0 Å². The lowest BCUT2D eigenvalue weighted by Crippen LogP contribution is -2.46. The summed E-state index contributed by atoms with van der Waals surface area (Å²) in [5.74, 6) is 8.60. The first-order chi connectivity index (χ1) is 6.67. The van der Waals surface area contributed by atoms with Crippen LogP contribution < -0.4 is 5.32 Å². The molecule has 14 heavy (non-hydrogen) atoms. The van der Waals surface area contributed by atoms with Crippen LogP contribution in [-0.4, -0.2) is 24.1 Å². The van der Waals surface area contributed by atoms with Crippen LogP contribution in [0.4, 0.5) is 0 Å². The van der Waals surface area contributed by atoms with Gasteiger partial charge >= 0.3 is 0 Å². The Morgan fingerprint density at radius 2 is 2.29 bits per heavy atom. The van der Waals surface area contributed by atoms with Gasteiger partial charge in [-0.05, 0) is 24.5 Å². The van der Waals surface area contributed by atoms with Gasteiger partial charge in [0.05, 0.1) is 0 Å². The van der Waals surface area contributed by atoms with E-state index in [1.165, 1.54) is 17.9 Å². The van der Waals surface area contributed by atoms with Crippen molar-refractivity contribution in [2.24, 2.45) is 5.41 Å². The third-order valence-electron chi connectivity index (χ3n) is 2.94. The summed E-state index contributed by atoms with van der Waals surface area (Å²) in [6.45, 7) is 7.68. The second-order valence-electron chi connectivity index (χ2n) is 4.50. The predicted octanol–water partition coefficient (Wildman–Crippen LogP) is 2.52. The van der Waals surface area contributed by atoms with Crippen LogP contribution in [0.5, 0.6) is 0 Å². The van der Waals surface area contributed by atoms with Gasteiger partial charge in [0.2, 0.25) is 0 Å². The van der Waals surface area contributed by atoms with Crippen molar-refractivity contribution < 1.29 is 0 Å². The molecule has 0 amide bonds. The van der Waals surface area contributed by atoms with E-state index < -0.39 is 0 Å². The fourth-order valence-corrected chi connectivity index (χ4v) is 3.35. The average molecular weight is 211 g/mol. The third-order valence-corrected chi connectivity index (χ3v) is 4.00. The average Bonchev–Trinajstić information content (AvgIpc) is 2.14. The molecule has 0 aromatic rings. The molecule has 1 heterocycles. The topological polar surface area (TPSA) is 12.0 Å². The minimum absolute atomic E-state index is 0.463. The van der Waals surface area contributed by atoms with E-state index in [1.54, 1.807) is 0 Å². The summed E-state index contributed by atoms with van der Waals surface area (Å²) in [5.41, 5.74) is 0.463. The highest BCUT2D eigenvalue weighted by Gasteiger charge is 2.31. The van der Waals surface area contributed by atoms with E-state index in [4.69, 9.17) is 0 Å².